The van der Waals surface area contributed by atoms with Gasteiger partial charge in [0.25, 0.3) is 5.91 Å². The van der Waals surface area contributed by atoms with Crippen LogP contribution in [0.4, 0.5) is 11.5 Å². The van der Waals surface area contributed by atoms with E-state index in [1.54, 1.807) is 0 Å². The lowest BCUT2D eigenvalue weighted by atomic mass is 9.90. The average Bonchev–Trinajstić information content (AvgIpc) is 2.86. The smallest absolute Gasteiger partial charge is 0.273 e. The van der Waals surface area contributed by atoms with E-state index in [4.69, 9.17) is 5.73 Å². The van der Waals surface area contributed by atoms with Crippen molar-refractivity contribution in [3.05, 3.63) is 41.1 Å². The number of benzene rings is 1. The molecule has 1 aliphatic carbocycles. The summed E-state index contributed by atoms with van der Waals surface area (Å²) in [7, 11) is 0. The van der Waals surface area contributed by atoms with Crippen LogP contribution in [0.15, 0.2) is 24.3 Å². The Bertz CT molecular complexity index is 618. The number of hydrogen-bond donors (Lipinski definition) is 3. The number of H-pyrrole nitrogens is 1. The van der Waals surface area contributed by atoms with Crippen molar-refractivity contribution in [1.82, 2.24) is 10.2 Å². The summed E-state index contributed by atoms with van der Waals surface area (Å²) in [5, 5.41) is 9.31. The van der Waals surface area contributed by atoms with Crippen LogP contribution in [-0.4, -0.2) is 16.1 Å². The van der Waals surface area contributed by atoms with Crippen LogP contribution in [0.3, 0.4) is 0 Å². The summed E-state index contributed by atoms with van der Waals surface area (Å²) >= 11 is 0. The summed E-state index contributed by atoms with van der Waals surface area (Å²) in [6, 6.07) is 7.60. The molecule has 0 spiro atoms. The lowest BCUT2D eigenvalue weighted by molar-refractivity contribution is 0.102. The van der Waals surface area contributed by atoms with Gasteiger partial charge in [0.05, 0.1) is 0 Å². The molecule has 1 amide bonds. The summed E-state index contributed by atoms with van der Waals surface area (Å²) in [5.41, 5.74) is 9.38. The van der Waals surface area contributed by atoms with E-state index in [1.165, 1.54) is 30.0 Å². The van der Waals surface area contributed by atoms with Crippen LogP contribution in [0, 0.1) is 0 Å². The molecule has 3 rings (SSSR count). The predicted molar refractivity (Wildman–Crippen MR) is 74.0 cm³/mol. The molecule has 0 unspecified atom stereocenters. The van der Waals surface area contributed by atoms with Crippen molar-refractivity contribution in [3.63, 3.8) is 0 Å². The van der Waals surface area contributed by atoms with E-state index in [2.05, 4.69) is 21.6 Å². The van der Waals surface area contributed by atoms with Crippen LogP contribution in [-0.2, 0) is 12.8 Å². The van der Waals surface area contributed by atoms with Gasteiger partial charge in [-0.2, -0.15) is 5.10 Å². The van der Waals surface area contributed by atoms with Gasteiger partial charge in [0.1, 0.15) is 11.5 Å². The molecule has 0 atom stereocenters. The zero-order chi connectivity index (χ0) is 13.2. The molecule has 2 aromatic rings. The van der Waals surface area contributed by atoms with Crippen LogP contribution in [0.25, 0.3) is 0 Å². The van der Waals surface area contributed by atoms with E-state index in [-0.39, 0.29) is 5.91 Å². The molecule has 98 valence electrons. The van der Waals surface area contributed by atoms with Crippen LogP contribution in [0.1, 0.15) is 34.5 Å². The largest absolute Gasteiger partial charge is 0.382 e. The van der Waals surface area contributed by atoms with Gasteiger partial charge in [0.2, 0.25) is 0 Å². The number of nitrogens with zero attached hydrogens (tertiary/aromatic N) is 1. The van der Waals surface area contributed by atoms with E-state index >= 15 is 0 Å². The molecule has 1 aliphatic rings. The number of nitrogens with two attached hydrogens (primary N) is 1. The fraction of sp³-hybridized carbons (Fsp3) is 0.286. The molecule has 1 aromatic carbocycles. The van der Waals surface area contributed by atoms with Crippen LogP contribution >= 0.6 is 0 Å². The van der Waals surface area contributed by atoms with Crippen LogP contribution in [0.2, 0.25) is 0 Å². The zero-order valence-electron chi connectivity index (χ0n) is 10.6. The lowest BCUT2D eigenvalue weighted by Gasteiger charge is -2.19. The number of fused-ring (bicyclic) bond motifs is 1. The minimum atomic E-state index is -0.205. The van der Waals surface area contributed by atoms with Crippen molar-refractivity contribution in [2.45, 2.75) is 25.7 Å². The van der Waals surface area contributed by atoms with E-state index in [0.717, 1.165) is 18.5 Å². The summed E-state index contributed by atoms with van der Waals surface area (Å²) in [6.07, 6.45) is 4.52. The third kappa shape index (κ3) is 2.31. The highest BCUT2D eigenvalue weighted by molar-refractivity contribution is 6.03. The number of aromatic nitrogens is 2. The first-order valence-corrected chi connectivity index (χ1v) is 6.47. The minimum absolute atomic E-state index is 0.205. The van der Waals surface area contributed by atoms with Gasteiger partial charge in [-0.15, -0.1) is 0 Å². The fourth-order valence-corrected chi connectivity index (χ4v) is 2.54. The van der Waals surface area contributed by atoms with Gasteiger partial charge >= 0.3 is 0 Å². The first-order chi connectivity index (χ1) is 9.24. The second-order valence-electron chi connectivity index (χ2n) is 4.81. The molecule has 0 saturated heterocycles. The minimum Gasteiger partial charge on any atom is -0.382 e. The number of nitrogens with one attached hydrogen (secondary N) is 2. The van der Waals surface area contributed by atoms with E-state index < -0.39 is 0 Å². The highest BCUT2D eigenvalue weighted by Gasteiger charge is 2.15. The molecule has 4 N–H and O–H groups in total. The molecule has 1 aromatic heterocycles. The number of hydrogen-bond acceptors (Lipinski definition) is 3. The van der Waals surface area contributed by atoms with Crippen molar-refractivity contribution in [2.75, 3.05) is 11.1 Å². The number of aromatic amines is 1. The lowest BCUT2D eigenvalue weighted by Crippen LogP contribution is -2.15. The highest BCUT2D eigenvalue weighted by Crippen LogP contribution is 2.28. The normalized spacial score (nSPS) is 13.9. The molecule has 19 heavy (non-hydrogen) atoms. The fourth-order valence-electron chi connectivity index (χ4n) is 2.54. The maximum atomic E-state index is 12.1. The molecule has 5 nitrogen and oxygen atoms in total. The SMILES string of the molecule is Nc1cc(C(=O)Nc2cccc3c2CCCC3)[nH]n1. The molecule has 5 heteroatoms. The number of amides is 1. The Morgan fingerprint density at radius 1 is 1.32 bits per heavy atom. The maximum absolute atomic E-state index is 12.1. The number of anilines is 2. The molecule has 0 fully saturated rings. The second-order valence-corrected chi connectivity index (χ2v) is 4.81. The first-order valence-electron chi connectivity index (χ1n) is 6.47. The van der Waals surface area contributed by atoms with E-state index in [9.17, 15) is 4.79 Å². The van der Waals surface area contributed by atoms with Crippen molar-refractivity contribution >= 4 is 17.4 Å². The summed E-state index contributed by atoms with van der Waals surface area (Å²) < 4.78 is 0. The van der Waals surface area contributed by atoms with Crippen molar-refractivity contribution in [2.24, 2.45) is 0 Å². The highest BCUT2D eigenvalue weighted by atomic mass is 16.1. The van der Waals surface area contributed by atoms with Gasteiger partial charge in [0.15, 0.2) is 0 Å². The quantitative estimate of drug-likeness (QED) is 0.769. The monoisotopic (exact) mass is 256 g/mol. The number of carbonyl (C=O) groups is 1. The topological polar surface area (TPSA) is 83.8 Å². The maximum Gasteiger partial charge on any atom is 0.273 e. The Hall–Kier alpha value is -2.30. The molecule has 0 radical (unpaired) electrons. The van der Waals surface area contributed by atoms with E-state index in [0.29, 0.717) is 11.5 Å². The van der Waals surface area contributed by atoms with Gasteiger partial charge in [-0.1, -0.05) is 12.1 Å². The molecule has 0 bridgehead atoms. The third-order valence-electron chi connectivity index (χ3n) is 3.49. The average molecular weight is 256 g/mol. The summed E-state index contributed by atoms with van der Waals surface area (Å²) in [5.74, 6) is 0.114. The summed E-state index contributed by atoms with van der Waals surface area (Å²) in [4.78, 5) is 12.1. The standard InChI is InChI=1S/C14H16N4O/c15-13-8-12(17-18-13)14(19)16-11-7-3-5-9-4-1-2-6-10(9)11/h3,5,7-8H,1-2,4,6H2,(H,16,19)(H3,15,17,18). The Labute approximate surface area is 111 Å². The third-order valence-corrected chi connectivity index (χ3v) is 3.49. The number of nitrogen functional groups attached to an aromatic ring is 1. The first kappa shape index (κ1) is 11.8. The van der Waals surface area contributed by atoms with Gasteiger partial charge in [-0.3, -0.25) is 9.89 Å². The zero-order valence-corrected chi connectivity index (χ0v) is 10.6. The van der Waals surface area contributed by atoms with Crippen molar-refractivity contribution in [3.8, 4) is 0 Å². The van der Waals surface area contributed by atoms with Gasteiger partial charge in [0, 0.05) is 11.8 Å². The molecular formula is C14H16N4O. The number of carbonyl (C=O) groups excluding carboxylic acids is 1. The molecule has 0 saturated carbocycles. The Balaban J connectivity index is 1.85. The Morgan fingerprint density at radius 2 is 2.16 bits per heavy atom. The van der Waals surface area contributed by atoms with E-state index in [1.807, 2.05) is 12.1 Å². The van der Waals surface area contributed by atoms with Crippen molar-refractivity contribution in [1.29, 1.82) is 0 Å². The molecular weight excluding hydrogens is 240 g/mol. The van der Waals surface area contributed by atoms with Crippen LogP contribution < -0.4 is 11.1 Å². The molecule has 1 heterocycles. The van der Waals surface area contributed by atoms with Crippen LogP contribution in [0.5, 0.6) is 0 Å². The summed E-state index contributed by atoms with van der Waals surface area (Å²) in [6.45, 7) is 0. The number of aryl methyl sites for hydroxylation is 1. The second kappa shape index (κ2) is 4.76. The van der Waals surface area contributed by atoms with Gasteiger partial charge < -0.3 is 11.1 Å². The Morgan fingerprint density at radius 3 is 2.95 bits per heavy atom. The van der Waals surface area contributed by atoms with Gasteiger partial charge in [-0.05, 0) is 42.9 Å². The molecule has 0 aliphatic heterocycles. The number of rotatable bonds is 2. The predicted octanol–water partition coefficient (Wildman–Crippen LogP) is 2.12. The van der Waals surface area contributed by atoms with Gasteiger partial charge in [-0.25, -0.2) is 0 Å². The Kier molecular flexibility index (Phi) is 2.95. The van der Waals surface area contributed by atoms with Crippen molar-refractivity contribution < 1.29 is 4.79 Å².